The molecule has 1 aromatic rings. The molecular weight excluding hydrogens is 274 g/mol. The van der Waals surface area contributed by atoms with Gasteiger partial charge in [-0.1, -0.05) is 0 Å². The maximum absolute atomic E-state index is 11.6. The van der Waals surface area contributed by atoms with Crippen LogP contribution in [0.1, 0.15) is 32.6 Å². The highest BCUT2D eigenvalue weighted by atomic mass is 79.9. The smallest absolute Gasteiger partial charge is 0.331 e. The van der Waals surface area contributed by atoms with Crippen molar-refractivity contribution in [1.29, 1.82) is 0 Å². The van der Waals surface area contributed by atoms with E-state index in [9.17, 15) is 4.79 Å². The van der Waals surface area contributed by atoms with E-state index in [1.807, 2.05) is 0 Å². The van der Waals surface area contributed by atoms with Gasteiger partial charge in [0.15, 0.2) is 11.9 Å². The van der Waals surface area contributed by atoms with E-state index in [2.05, 4.69) is 25.9 Å². The summed E-state index contributed by atoms with van der Waals surface area (Å²) in [6.07, 6.45) is 3.07. The van der Waals surface area contributed by atoms with Gasteiger partial charge in [-0.15, -0.1) is 0 Å². The Balaban J connectivity index is 2.74. The topological polar surface area (TPSA) is 78.1 Å². The lowest BCUT2D eigenvalue weighted by Gasteiger charge is -2.21. The minimum atomic E-state index is -0.952. The van der Waals surface area contributed by atoms with Gasteiger partial charge in [-0.3, -0.25) is 0 Å². The molecule has 0 amide bonds. The van der Waals surface area contributed by atoms with E-state index in [4.69, 9.17) is 10.5 Å². The zero-order valence-electron chi connectivity index (χ0n) is 9.40. The van der Waals surface area contributed by atoms with Crippen LogP contribution in [0.2, 0.25) is 0 Å². The van der Waals surface area contributed by atoms with Crippen molar-refractivity contribution in [1.82, 2.24) is 9.97 Å². The molecular formula is C10H14BrN3O2. The third-order valence-corrected chi connectivity index (χ3v) is 1.99. The number of halogens is 1. The number of carbonyl (C=O) groups excluding carboxylic acids is 1. The minimum absolute atomic E-state index is 0.248. The molecule has 1 atom stereocenters. The first-order chi connectivity index (χ1) is 7.29. The Bertz CT molecular complexity index is 373. The van der Waals surface area contributed by atoms with Crippen molar-refractivity contribution in [3.8, 4) is 0 Å². The van der Waals surface area contributed by atoms with Crippen molar-refractivity contribution in [2.24, 2.45) is 5.73 Å². The first kappa shape index (κ1) is 13.1. The van der Waals surface area contributed by atoms with Gasteiger partial charge in [0.1, 0.15) is 5.60 Å². The van der Waals surface area contributed by atoms with Crippen LogP contribution >= 0.6 is 15.9 Å². The summed E-state index contributed by atoms with van der Waals surface area (Å²) in [6.45, 7) is 5.33. The molecule has 0 saturated heterocycles. The largest absolute Gasteiger partial charge is 0.458 e. The second-order valence-corrected chi connectivity index (χ2v) is 5.19. The van der Waals surface area contributed by atoms with Gasteiger partial charge in [-0.2, -0.15) is 0 Å². The summed E-state index contributed by atoms with van der Waals surface area (Å²) in [4.78, 5) is 19.5. The van der Waals surface area contributed by atoms with Gasteiger partial charge in [0.25, 0.3) is 0 Å². The van der Waals surface area contributed by atoms with E-state index in [0.717, 1.165) is 4.47 Å². The quantitative estimate of drug-likeness (QED) is 0.836. The first-order valence-electron chi connectivity index (χ1n) is 4.75. The van der Waals surface area contributed by atoms with Crippen molar-refractivity contribution in [3.05, 3.63) is 22.7 Å². The van der Waals surface area contributed by atoms with Crippen LogP contribution in [-0.4, -0.2) is 21.5 Å². The summed E-state index contributed by atoms with van der Waals surface area (Å²) in [5.74, 6) is -0.285. The standard InChI is InChI=1S/C10H14BrN3O2/c1-10(2,3)16-9(15)7(12)8-13-4-6(11)5-14-8/h4-5,7H,12H2,1-3H3. The zero-order valence-corrected chi connectivity index (χ0v) is 11.0. The lowest BCUT2D eigenvalue weighted by atomic mass is 10.2. The number of ether oxygens (including phenoxy) is 1. The number of rotatable bonds is 2. The fourth-order valence-electron chi connectivity index (χ4n) is 0.954. The van der Waals surface area contributed by atoms with Crippen molar-refractivity contribution in [2.45, 2.75) is 32.4 Å². The summed E-state index contributed by atoms with van der Waals surface area (Å²) in [5.41, 5.74) is 5.12. The fraction of sp³-hybridized carbons (Fsp3) is 0.500. The van der Waals surface area contributed by atoms with Gasteiger partial charge in [0.2, 0.25) is 0 Å². The number of hydrogen-bond acceptors (Lipinski definition) is 5. The highest BCUT2D eigenvalue weighted by Gasteiger charge is 2.25. The number of nitrogens with zero attached hydrogens (tertiary/aromatic N) is 2. The normalized spacial score (nSPS) is 13.3. The molecule has 5 nitrogen and oxygen atoms in total. The molecule has 2 N–H and O–H groups in total. The molecule has 0 fully saturated rings. The highest BCUT2D eigenvalue weighted by molar-refractivity contribution is 9.10. The summed E-state index contributed by atoms with van der Waals surface area (Å²) >= 11 is 3.20. The molecule has 0 radical (unpaired) electrons. The first-order valence-corrected chi connectivity index (χ1v) is 5.55. The van der Waals surface area contributed by atoms with Gasteiger partial charge >= 0.3 is 5.97 Å². The van der Waals surface area contributed by atoms with Crippen molar-refractivity contribution < 1.29 is 9.53 Å². The maximum Gasteiger partial charge on any atom is 0.331 e. The van der Waals surface area contributed by atoms with E-state index in [-0.39, 0.29) is 5.82 Å². The molecule has 1 rings (SSSR count). The molecule has 0 bridgehead atoms. The molecule has 0 saturated carbocycles. The molecule has 0 spiro atoms. The predicted molar refractivity (Wildman–Crippen MR) is 62.5 cm³/mol. The lowest BCUT2D eigenvalue weighted by molar-refractivity contribution is -0.156. The summed E-state index contributed by atoms with van der Waals surface area (Å²) < 4.78 is 5.86. The van der Waals surface area contributed by atoms with Gasteiger partial charge in [0, 0.05) is 12.4 Å². The van der Waals surface area contributed by atoms with E-state index < -0.39 is 17.6 Å². The second kappa shape index (κ2) is 4.88. The summed E-state index contributed by atoms with van der Waals surface area (Å²) in [7, 11) is 0. The fourth-order valence-corrected chi connectivity index (χ4v) is 1.16. The maximum atomic E-state index is 11.6. The van der Waals surface area contributed by atoms with Crippen LogP contribution in [-0.2, 0) is 9.53 Å². The third kappa shape index (κ3) is 3.86. The van der Waals surface area contributed by atoms with Crippen molar-refractivity contribution >= 4 is 21.9 Å². The van der Waals surface area contributed by atoms with Crippen molar-refractivity contribution in [3.63, 3.8) is 0 Å². The van der Waals surface area contributed by atoms with Crippen LogP contribution < -0.4 is 5.73 Å². The van der Waals surface area contributed by atoms with Crippen LogP contribution in [0.25, 0.3) is 0 Å². The monoisotopic (exact) mass is 287 g/mol. The van der Waals surface area contributed by atoms with E-state index in [1.54, 1.807) is 20.8 Å². The van der Waals surface area contributed by atoms with Gasteiger partial charge < -0.3 is 10.5 Å². The third-order valence-electron chi connectivity index (χ3n) is 1.58. The van der Waals surface area contributed by atoms with Gasteiger partial charge in [0.05, 0.1) is 4.47 Å². The summed E-state index contributed by atoms with van der Waals surface area (Å²) in [5, 5.41) is 0. The Morgan fingerprint density at radius 3 is 2.38 bits per heavy atom. The number of aromatic nitrogens is 2. The molecule has 0 aliphatic rings. The molecule has 16 heavy (non-hydrogen) atoms. The van der Waals surface area contributed by atoms with Crippen LogP contribution in [0.5, 0.6) is 0 Å². The second-order valence-electron chi connectivity index (χ2n) is 4.27. The predicted octanol–water partition coefficient (Wildman–Crippen LogP) is 1.58. The van der Waals surface area contributed by atoms with Gasteiger partial charge in [-0.25, -0.2) is 14.8 Å². The van der Waals surface area contributed by atoms with Crippen LogP contribution in [0.4, 0.5) is 0 Å². The number of carbonyl (C=O) groups is 1. The van der Waals surface area contributed by atoms with E-state index in [0.29, 0.717) is 0 Å². The minimum Gasteiger partial charge on any atom is -0.458 e. The van der Waals surface area contributed by atoms with Crippen LogP contribution in [0.3, 0.4) is 0 Å². The summed E-state index contributed by atoms with van der Waals surface area (Å²) in [6, 6.07) is -0.952. The Morgan fingerprint density at radius 1 is 1.44 bits per heavy atom. The Labute approximate surface area is 103 Å². The lowest BCUT2D eigenvalue weighted by Crippen LogP contribution is -2.32. The van der Waals surface area contributed by atoms with E-state index in [1.165, 1.54) is 12.4 Å². The molecule has 0 aliphatic carbocycles. The Hall–Kier alpha value is -1.01. The molecule has 88 valence electrons. The van der Waals surface area contributed by atoms with Crippen LogP contribution in [0.15, 0.2) is 16.9 Å². The molecule has 1 aromatic heterocycles. The molecule has 1 heterocycles. The van der Waals surface area contributed by atoms with Crippen LogP contribution in [0, 0.1) is 0 Å². The Kier molecular flexibility index (Phi) is 3.98. The van der Waals surface area contributed by atoms with E-state index >= 15 is 0 Å². The molecule has 6 heteroatoms. The molecule has 1 unspecified atom stereocenters. The Morgan fingerprint density at radius 2 is 1.94 bits per heavy atom. The number of nitrogens with two attached hydrogens (primary N) is 1. The molecule has 0 aliphatic heterocycles. The highest BCUT2D eigenvalue weighted by Crippen LogP contribution is 2.14. The van der Waals surface area contributed by atoms with Crippen molar-refractivity contribution in [2.75, 3.05) is 0 Å². The number of esters is 1. The molecule has 0 aromatic carbocycles. The zero-order chi connectivity index (χ0) is 12.3. The SMILES string of the molecule is CC(C)(C)OC(=O)C(N)c1ncc(Br)cn1. The average Bonchev–Trinajstić information content (AvgIpc) is 2.15. The number of hydrogen-bond donors (Lipinski definition) is 1. The van der Waals surface area contributed by atoms with Gasteiger partial charge in [-0.05, 0) is 36.7 Å². The average molecular weight is 288 g/mol.